The van der Waals surface area contributed by atoms with Crippen LogP contribution in [-0.4, -0.2) is 33.6 Å². The molecule has 1 aliphatic rings. The van der Waals surface area contributed by atoms with Gasteiger partial charge in [0.05, 0.1) is 6.61 Å². The second-order valence-electron chi connectivity index (χ2n) is 7.19. The lowest BCUT2D eigenvalue weighted by molar-refractivity contribution is 0.161. The van der Waals surface area contributed by atoms with Crippen LogP contribution < -0.4 is 0 Å². The number of methoxy groups -OCH3 is 1. The van der Waals surface area contributed by atoms with E-state index in [1.807, 2.05) is 4.57 Å². The second-order valence-corrected chi connectivity index (χ2v) is 7.19. The summed E-state index contributed by atoms with van der Waals surface area (Å²) in [5.74, 6) is 2.94. The Balaban J connectivity index is 2.07. The third kappa shape index (κ3) is 3.83. The summed E-state index contributed by atoms with van der Waals surface area (Å²) in [5, 5.41) is 17.9. The molecule has 0 amide bonds. The van der Waals surface area contributed by atoms with Crippen LogP contribution in [0.5, 0.6) is 0 Å². The lowest BCUT2D eigenvalue weighted by atomic mass is 9.69. The number of aliphatic hydroxyl groups is 1. The molecular formula is C16H29N3O2. The maximum absolute atomic E-state index is 9.41. The van der Waals surface area contributed by atoms with Crippen molar-refractivity contribution < 1.29 is 9.84 Å². The van der Waals surface area contributed by atoms with Gasteiger partial charge in [0.25, 0.3) is 0 Å². The number of hydrogen-bond acceptors (Lipinski definition) is 4. The van der Waals surface area contributed by atoms with Gasteiger partial charge in [-0.1, -0.05) is 20.8 Å². The zero-order chi connectivity index (χ0) is 15.5. The van der Waals surface area contributed by atoms with Gasteiger partial charge in [-0.05, 0) is 37.0 Å². The van der Waals surface area contributed by atoms with Crippen LogP contribution >= 0.6 is 0 Å². The van der Waals surface area contributed by atoms with E-state index >= 15 is 0 Å². The Kier molecular flexibility index (Phi) is 5.38. The van der Waals surface area contributed by atoms with E-state index in [9.17, 15) is 5.11 Å². The van der Waals surface area contributed by atoms with Gasteiger partial charge >= 0.3 is 0 Å². The number of hydrogen-bond donors (Lipinski definition) is 1. The standard InChI is InChI=1S/C16H29N3O2/c1-16(2,3)13-7-5-12(6-8-13)15-18-17-14(11-20)19(15)9-10-21-4/h12-13,20H,5-11H2,1-4H3. The fourth-order valence-electron chi connectivity index (χ4n) is 3.41. The molecule has 1 aliphatic carbocycles. The van der Waals surface area contributed by atoms with Crippen LogP contribution in [0.4, 0.5) is 0 Å². The van der Waals surface area contributed by atoms with Crippen molar-refractivity contribution in [2.45, 2.75) is 65.5 Å². The van der Waals surface area contributed by atoms with E-state index in [1.54, 1.807) is 7.11 Å². The smallest absolute Gasteiger partial charge is 0.158 e. The topological polar surface area (TPSA) is 60.2 Å². The average molecular weight is 295 g/mol. The van der Waals surface area contributed by atoms with Crippen LogP contribution in [0.25, 0.3) is 0 Å². The fourth-order valence-corrected chi connectivity index (χ4v) is 3.41. The van der Waals surface area contributed by atoms with Crippen molar-refractivity contribution >= 4 is 0 Å². The number of nitrogens with zero attached hydrogens (tertiary/aromatic N) is 3. The zero-order valence-electron chi connectivity index (χ0n) is 13.8. The molecule has 1 heterocycles. The van der Waals surface area contributed by atoms with Gasteiger partial charge in [0.15, 0.2) is 5.82 Å². The van der Waals surface area contributed by atoms with E-state index in [2.05, 4.69) is 31.0 Å². The molecule has 0 atom stereocenters. The molecule has 1 aromatic heterocycles. The van der Waals surface area contributed by atoms with Gasteiger partial charge in [-0.2, -0.15) is 0 Å². The molecule has 0 spiro atoms. The summed E-state index contributed by atoms with van der Waals surface area (Å²) in [5.41, 5.74) is 0.394. The van der Waals surface area contributed by atoms with Crippen molar-refractivity contribution in [3.05, 3.63) is 11.6 Å². The van der Waals surface area contributed by atoms with Gasteiger partial charge in [-0.25, -0.2) is 0 Å². The monoisotopic (exact) mass is 295 g/mol. The first kappa shape index (κ1) is 16.4. The average Bonchev–Trinajstić information content (AvgIpc) is 2.87. The zero-order valence-corrected chi connectivity index (χ0v) is 13.8. The Labute approximate surface area is 127 Å². The number of rotatable bonds is 5. The molecule has 0 aliphatic heterocycles. The summed E-state index contributed by atoms with van der Waals surface area (Å²) >= 11 is 0. The predicted molar refractivity (Wildman–Crippen MR) is 82.0 cm³/mol. The third-order valence-electron chi connectivity index (χ3n) is 4.83. The minimum Gasteiger partial charge on any atom is -0.388 e. The maximum Gasteiger partial charge on any atom is 0.158 e. The molecule has 1 N–H and O–H groups in total. The molecule has 0 aromatic carbocycles. The van der Waals surface area contributed by atoms with Crippen LogP contribution in [0.15, 0.2) is 0 Å². The Morgan fingerprint density at radius 2 is 1.86 bits per heavy atom. The van der Waals surface area contributed by atoms with Crippen LogP contribution in [0.3, 0.4) is 0 Å². The largest absolute Gasteiger partial charge is 0.388 e. The Hall–Kier alpha value is -0.940. The number of aromatic nitrogens is 3. The van der Waals surface area contributed by atoms with Gasteiger partial charge in [0.1, 0.15) is 12.4 Å². The highest BCUT2D eigenvalue weighted by Crippen LogP contribution is 2.42. The van der Waals surface area contributed by atoms with Crippen LogP contribution in [0.1, 0.15) is 64.0 Å². The Morgan fingerprint density at radius 3 is 2.38 bits per heavy atom. The van der Waals surface area contributed by atoms with Crippen molar-refractivity contribution in [3.63, 3.8) is 0 Å². The second kappa shape index (κ2) is 6.88. The molecule has 1 saturated carbocycles. The van der Waals surface area contributed by atoms with E-state index in [1.165, 1.54) is 25.7 Å². The summed E-state index contributed by atoms with van der Waals surface area (Å²) < 4.78 is 7.21. The summed E-state index contributed by atoms with van der Waals surface area (Å²) in [7, 11) is 1.69. The number of ether oxygens (including phenoxy) is 1. The van der Waals surface area contributed by atoms with Gasteiger partial charge in [-0.15, -0.1) is 10.2 Å². The van der Waals surface area contributed by atoms with E-state index in [4.69, 9.17) is 4.74 Å². The van der Waals surface area contributed by atoms with E-state index < -0.39 is 0 Å². The summed E-state index contributed by atoms with van der Waals surface area (Å²) in [6.07, 6.45) is 4.83. The van der Waals surface area contributed by atoms with E-state index in [0.29, 0.717) is 30.3 Å². The third-order valence-corrected chi connectivity index (χ3v) is 4.83. The normalized spacial score (nSPS) is 23.5. The summed E-state index contributed by atoms with van der Waals surface area (Å²) in [6, 6.07) is 0. The minimum absolute atomic E-state index is 0.0615. The Bertz CT molecular complexity index is 443. The highest BCUT2D eigenvalue weighted by Gasteiger charge is 2.32. The molecule has 0 saturated heterocycles. The van der Waals surface area contributed by atoms with Crippen molar-refractivity contribution in [1.82, 2.24) is 14.8 Å². The molecule has 5 heteroatoms. The molecule has 0 bridgehead atoms. The SMILES string of the molecule is COCCn1c(CO)nnc1C1CCC(C(C)(C)C)CC1. The molecule has 120 valence electrons. The Morgan fingerprint density at radius 1 is 1.19 bits per heavy atom. The highest BCUT2D eigenvalue weighted by molar-refractivity contribution is 5.04. The van der Waals surface area contributed by atoms with Crippen LogP contribution in [0.2, 0.25) is 0 Å². The molecule has 0 radical (unpaired) electrons. The number of aliphatic hydroxyl groups excluding tert-OH is 1. The maximum atomic E-state index is 9.41. The molecule has 0 unspecified atom stereocenters. The first-order valence-electron chi connectivity index (χ1n) is 7.99. The predicted octanol–water partition coefficient (Wildman–Crippen LogP) is 2.74. The van der Waals surface area contributed by atoms with Gasteiger partial charge in [0.2, 0.25) is 0 Å². The minimum atomic E-state index is -0.0615. The molecule has 1 aromatic rings. The van der Waals surface area contributed by atoms with Crippen LogP contribution in [-0.2, 0) is 17.9 Å². The highest BCUT2D eigenvalue weighted by atomic mass is 16.5. The first-order chi connectivity index (χ1) is 9.97. The van der Waals surface area contributed by atoms with Gasteiger partial charge in [0, 0.05) is 19.6 Å². The van der Waals surface area contributed by atoms with Gasteiger partial charge < -0.3 is 14.4 Å². The molecule has 5 nitrogen and oxygen atoms in total. The van der Waals surface area contributed by atoms with Gasteiger partial charge in [-0.3, -0.25) is 0 Å². The molecule has 1 fully saturated rings. The first-order valence-corrected chi connectivity index (χ1v) is 7.99. The van der Waals surface area contributed by atoms with E-state index in [0.717, 1.165) is 11.7 Å². The summed E-state index contributed by atoms with van der Waals surface area (Å²) in [4.78, 5) is 0. The lowest BCUT2D eigenvalue weighted by Gasteiger charge is -2.36. The summed E-state index contributed by atoms with van der Waals surface area (Å²) in [6.45, 7) is 8.28. The molecule has 21 heavy (non-hydrogen) atoms. The van der Waals surface area contributed by atoms with Crippen molar-refractivity contribution in [3.8, 4) is 0 Å². The lowest BCUT2D eigenvalue weighted by Crippen LogP contribution is -2.26. The van der Waals surface area contributed by atoms with Crippen LogP contribution in [0, 0.1) is 11.3 Å². The van der Waals surface area contributed by atoms with E-state index in [-0.39, 0.29) is 6.61 Å². The fraction of sp³-hybridized carbons (Fsp3) is 0.875. The van der Waals surface area contributed by atoms with Crippen molar-refractivity contribution in [2.24, 2.45) is 11.3 Å². The molecule has 2 rings (SSSR count). The quantitative estimate of drug-likeness (QED) is 0.907. The van der Waals surface area contributed by atoms with Crippen molar-refractivity contribution in [1.29, 1.82) is 0 Å². The molecular weight excluding hydrogens is 266 g/mol. The van der Waals surface area contributed by atoms with Crippen molar-refractivity contribution in [2.75, 3.05) is 13.7 Å².